The van der Waals surface area contributed by atoms with Crippen molar-refractivity contribution >= 4 is 28.2 Å². The first-order chi connectivity index (χ1) is 10.0. The quantitative estimate of drug-likeness (QED) is 0.440. The van der Waals surface area contributed by atoms with Crippen molar-refractivity contribution in [1.29, 1.82) is 0 Å². The van der Waals surface area contributed by atoms with Crippen molar-refractivity contribution in [2.24, 2.45) is 0 Å². The molecule has 0 bridgehead atoms. The van der Waals surface area contributed by atoms with Crippen LogP contribution in [-0.4, -0.2) is 31.6 Å². The molecule has 0 aliphatic carbocycles. The normalized spacial score (nSPS) is 10.2. The lowest BCUT2D eigenvalue weighted by Gasteiger charge is -2.08. The zero-order valence-electron chi connectivity index (χ0n) is 12.7. The molecular weight excluding hydrogens is 288 g/mol. The summed E-state index contributed by atoms with van der Waals surface area (Å²) in [5.41, 5.74) is 1.42. The van der Waals surface area contributed by atoms with E-state index in [1.807, 2.05) is 13.8 Å². The molecule has 6 heteroatoms. The van der Waals surface area contributed by atoms with Crippen LogP contribution in [0.25, 0.3) is 0 Å². The van der Waals surface area contributed by atoms with E-state index in [9.17, 15) is 9.59 Å². The summed E-state index contributed by atoms with van der Waals surface area (Å²) in [6, 6.07) is 0. The van der Waals surface area contributed by atoms with Gasteiger partial charge in [0, 0.05) is 11.4 Å². The van der Waals surface area contributed by atoms with Gasteiger partial charge in [-0.05, 0) is 25.8 Å². The Morgan fingerprint density at radius 2 is 2.10 bits per heavy atom. The zero-order chi connectivity index (χ0) is 15.8. The molecule has 0 unspecified atom stereocenters. The first kappa shape index (κ1) is 17.4. The molecule has 0 fully saturated rings. The molecule has 0 radical (unpaired) electrons. The highest BCUT2D eigenvalue weighted by molar-refractivity contribution is 7.16. The predicted octanol–water partition coefficient (Wildman–Crippen LogP) is 2.51. The molecule has 0 aromatic carbocycles. The van der Waals surface area contributed by atoms with E-state index in [0.29, 0.717) is 23.7 Å². The molecule has 116 valence electrons. The van der Waals surface area contributed by atoms with E-state index in [1.54, 1.807) is 13.0 Å². The maximum atomic E-state index is 12.1. The van der Waals surface area contributed by atoms with Gasteiger partial charge in [0.1, 0.15) is 5.00 Å². The zero-order valence-corrected chi connectivity index (χ0v) is 13.6. The van der Waals surface area contributed by atoms with Gasteiger partial charge in [-0.25, -0.2) is 4.79 Å². The third-order valence-electron chi connectivity index (χ3n) is 2.87. The van der Waals surface area contributed by atoms with Gasteiger partial charge in [0.25, 0.3) is 0 Å². The Kier molecular flexibility index (Phi) is 7.11. The summed E-state index contributed by atoms with van der Waals surface area (Å²) >= 11 is 1.41. The van der Waals surface area contributed by atoms with E-state index in [4.69, 9.17) is 4.74 Å². The molecule has 21 heavy (non-hydrogen) atoms. The molecule has 0 aliphatic rings. The Labute approximate surface area is 129 Å². The maximum Gasteiger partial charge on any atom is 0.341 e. The minimum Gasteiger partial charge on any atom is -0.462 e. The Bertz CT molecular complexity index is 523. The van der Waals surface area contributed by atoms with Crippen LogP contribution >= 0.6 is 11.3 Å². The number of ether oxygens (including phenoxy) is 1. The van der Waals surface area contributed by atoms with Gasteiger partial charge in [0.05, 0.1) is 18.7 Å². The number of aryl methyl sites for hydroxylation is 1. The number of rotatable bonds is 8. The van der Waals surface area contributed by atoms with Crippen LogP contribution in [0.2, 0.25) is 0 Å². The molecule has 1 aromatic rings. The molecule has 0 atom stereocenters. The highest BCUT2D eigenvalue weighted by Gasteiger charge is 2.23. The van der Waals surface area contributed by atoms with Gasteiger partial charge in [0.2, 0.25) is 5.91 Å². The molecule has 1 aromatic heterocycles. The topological polar surface area (TPSA) is 67.4 Å². The average Bonchev–Trinajstić information content (AvgIpc) is 2.74. The van der Waals surface area contributed by atoms with E-state index >= 15 is 0 Å². The number of carbonyl (C=O) groups excluding carboxylic acids is 2. The van der Waals surface area contributed by atoms with E-state index in [1.165, 1.54) is 11.3 Å². The highest BCUT2D eigenvalue weighted by Crippen LogP contribution is 2.33. The van der Waals surface area contributed by atoms with Crippen LogP contribution in [0.3, 0.4) is 0 Å². The number of amides is 1. The number of hydrogen-bond donors (Lipinski definition) is 2. The van der Waals surface area contributed by atoms with Crippen LogP contribution < -0.4 is 10.6 Å². The Morgan fingerprint density at radius 1 is 1.38 bits per heavy atom. The van der Waals surface area contributed by atoms with Crippen LogP contribution in [0.4, 0.5) is 5.00 Å². The number of thiophene rings is 1. The lowest BCUT2D eigenvalue weighted by Crippen LogP contribution is -2.28. The highest BCUT2D eigenvalue weighted by atomic mass is 32.1. The Morgan fingerprint density at radius 3 is 2.67 bits per heavy atom. The van der Waals surface area contributed by atoms with E-state index in [0.717, 1.165) is 16.9 Å². The van der Waals surface area contributed by atoms with Crippen LogP contribution in [0.1, 0.15) is 34.6 Å². The van der Waals surface area contributed by atoms with Crippen molar-refractivity contribution < 1.29 is 14.3 Å². The monoisotopic (exact) mass is 310 g/mol. The average molecular weight is 310 g/mol. The third-order valence-corrected chi connectivity index (χ3v) is 3.93. The van der Waals surface area contributed by atoms with Crippen molar-refractivity contribution in [3.8, 4) is 0 Å². The summed E-state index contributed by atoms with van der Waals surface area (Å²) in [7, 11) is 0. The fourth-order valence-electron chi connectivity index (χ4n) is 1.97. The van der Waals surface area contributed by atoms with Crippen molar-refractivity contribution in [3.05, 3.63) is 28.7 Å². The molecule has 0 saturated heterocycles. The Balaban J connectivity index is 2.93. The van der Waals surface area contributed by atoms with Crippen molar-refractivity contribution in [3.63, 3.8) is 0 Å². The largest absolute Gasteiger partial charge is 0.462 e. The van der Waals surface area contributed by atoms with Gasteiger partial charge in [-0.15, -0.1) is 17.9 Å². The molecule has 0 aliphatic heterocycles. The van der Waals surface area contributed by atoms with E-state index in [2.05, 4.69) is 17.2 Å². The fourth-order valence-corrected chi connectivity index (χ4v) is 3.12. The molecule has 1 heterocycles. The van der Waals surface area contributed by atoms with E-state index in [-0.39, 0.29) is 18.4 Å². The molecule has 2 N–H and O–H groups in total. The number of carbonyl (C=O) groups is 2. The first-order valence-corrected chi connectivity index (χ1v) is 7.77. The summed E-state index contributed by atoms with van der Waals surface area (Å²) in [5.74, 6) is -0.570. The second-order valence-electron chi connectivity index (χ2n) is 4.38. The molecule has 0 saturated carbocycles. The smallest absolute Gasteiger partial charge is 0.341 e. The lowest BCUT2D eigenvalue weighted by atomic mass is 10.1. The minimum absolute atomic E-state index is 0.173. The molecule has 0 spiro atoms. The molecule has 1 amide bonds. The maximum absolute atomic E-state index is 12.1. The first-order valence-electron chi connectivity index (χ1n) is 6.95. The van der Waals surface area contributed by atoms with Gasteiger partial charge in [-0.3, -0.25) is 4.79 Å². The second-order valence-corrected chi connectivity index (χ2v) is 5.61. The minimum atomic E-state index is -0.381. The van der Waals surface area contributed by atoms with Crippen molar-refractivity contribution in [1.82, 2.24) is 5.32 Å². The van der Waals surface area contributed by atoms with Crippen molar-refractivity contribution in [2.45, 2.75) is 27.2 Å². The molecule has 1 rings (SSSR count). The summed E-state index contributed by atoms with van der Waals surface area (Å²) in [5, 5.41) is 6.27. The summed E-state index contributed by atoms with van der Waals surface area (Å²) in [6.07, 6.45) is 2.41. The standard InChI is InChI=1S/C15H22N2O3S/c1-5-8-16-9-12(18)17-14-13(15(19)20-7-3)11(6-2)10(4)21-14/h5,16H,1,6-9H2,2-4H3,(H,17,18). The summed E-state index contributed by atoms with van der Waals surface area (Å²) < 4.78 is 5.09. The second kappa shape index (κ2) is 8.59. The SMILES string of the molecule is C=CCNCC(=O)Nc1sc(C)c(CC)c1C(=O)OCC. The van der Waals surface area contributed by atoms with Gasteiger partial charge in [0.15, 0.2) is 0 Å². The van der Waals surface area contributed by atoms with Crippen LogP contribution in [0, 0.1) is 6.92 Å². The number of esters is 1. The van der Waals surface area contributed by atoms with E-state index < -0.39 is 0 Å². The Hall–Kier alpha value is -1.66. The lowest BCUT2D eigenvalue weighted by molar-refractivity contribution is -0.115. The van der Waals surface area contributed by atoms with Gasteiger partial charge in [-0.2, -0.15) is 0 Å². The van der Waals surface area contributed by atoms with Crippen LogP contribution in [0.5, 0.6) is 0 Å². The number of hydrogen-bond acceptors (Lipinski definition) is 5. The number of nitrogens with one attached hydrogen (secondary N) is 2. The third kappa shape index (κ3) is 4.68. The van der Waals surface area contributed by atoms with Crippen molar-refractivity contribution in [2.75, 3.05) is 25.0 Å². The van der Waals surface area contributed by atoms with Gasteiger partial charge in [-0.1, -0.05) is 13.0 Å². The molecular formula is C15H22N2O3S. The summed E-state index contributed by atoms with van der Waals surface area (Å²) in [6.45, 7) is 10.3. The summed E-state index contributed by atoms with van der Waals surface area (Å²) in [4.78, 5) is 25.0. The van der Waals surface area contributed by atoms with Gasteiger partial charge >= 0.3 is 5.97 Å². The predicted molar refractivity (Wildman–Crippen MR) is 86.1 cm³/mol. The fraction of sp³-hybridized carbons (Fsp3) is 0.467. The number of anilines is 1. The molecule has 5 nitrogen and oxygen atoms in total. The van der Waals surface area contributed by atoms with Crippen LogP contribution in [0.15, 0.2) is 12.7 Å². The van der Waals surface area contributed by atoms with Gasteiger partial charge < -0.3 is 15.4 Å². The van der Waals surface area contributed by atoms with Crippen LogP contribution in [-0.2, 0) is 16.0 Å².